The zero-order valence-electron chi connectivity index (χ0n) is 10.1. The lowest BCUT2D eigenvalue weighted by Gasteiger charge is -2.34. The van der Waals surface area contributed by atoms with Crippen LogP contribution in [0.1, 0.15) is 23.7 Å². The number of benzene rings is 1. The smallest absolute Gasteiger partial charge is 0.253 e. The summed E-state index contributed by atoms with van der Waals surface area (Å²) in [6.45, 7) is 2.94. The second kappa shape index (κ2) is 5.36. The van der Waals surface area contributed by atoms with E-state index in [0.29, 0.717) is 29.5 Å². The van der Waals surface area contributed by atoms with E-state index in [2.05, 4.69) is 15.9 Å². The molecule has 98 valence electrons. The summed E-state index contributed by atoms with van der Waals surface area (Å²) in [7, 11) is 0. The fourth-order valence-electron chi connectivity index (χ4n) is 2.13. The van der Waals surface area contributed by atoms with Gasteiger partial charge in [-0.3, -0.25) is 4.79 Å². The van der Waals surface area contributed by atoms with Gasteiger partial charge in [0.05, 0.1) is 10.6 Å². The van der Waals surface area contributed by atoms with Crippen molar-refractivity contribution >= 4 is 21.8 Å². The minimum atomic E-state index is -0.439. The molecule has 5 heteroatoms. The van der Waals surface area contributed by atoms with Crippen LogP contribution in [-0.2, 0) is 0 Å². The van der Waals surface area contributed by atoms with Crippen molar-refractivity contribution in [2.24, 2.45) is 5.92 Å². The SMILES string of the molecule is CC1CN(C(=O)c2ccc(Br)c(F)c2)CCC1O. The first-order valence-corrected chi connectivity index (χ1v) is 6.70. The lowest BCUT2D eigenvalue weighted by molar-refractivity contribution is 0.0297. The zero-order chi connectivity index (χ0) is 13.3. The van der Waals surface area contributed by atoms with E-state index in [1.807, 2.05) is 6.92 Å². The molecule has 3 nitrogen and oxygen atoms in total. The molecule has 1 N–H and O–H groups in total. The van der Waals surface area contributed by atoms with Crippen molar-refractivity contribution in [1.29, 1.82) is 0 Å². The fourth-order valence-corrected chi connectivity index (χ4v) is 2.38. The van der Waals surface area contributed by atoms with Crippen molar-refractivity contribution in [1.82, 2.24) is 4.90 Å². The second-order valence-electron chi connectivity index (χ2n) is 4.71. The van der Waals surface area contributed by atoms with Gasteiger partial charge in [0.15, 0.2) is 0 Å². The standard InChI is InChI=1S/C13H15BrFNO2/c1-8-7-16(5-4-12(8)17)13(18)9-2-3-10(14)11(15)6-9/h2-3,6,8,12,17H,4-5,7H2,1H3. The molecule has 1 aliphatic heterocycles. The lowest BCUT2D eigenvalue weighted by Crippen LogP contribution is -2.44. The molecule has 18 heavy (non-hydrogen) atoms. The van der Waals surface area contributed by atoms with Gasteiger partial charge in [-0.05, 0) is 46.5 Å². The summed E-state index contributed by atoms with van der Waals surface area (Å²) in [4.78, 5) is 13.8. The van der Waals surface area contributed by atoms with Gasteiger partial charge in [0.25, 0.3) is 5.91 Å². The van der Waals surface area contributed by atoms with Crippen LogP contribution in [-0.4, -0.2) is 35.1 Å². The minimum absolute atomic E-state index is 0.0583. The zero-order valence-corrected chi connectivity index (χ0v) is 11.7. The summed E-state index contributed by atoms with van der Waals surface area (Å²) < 4.78 is 13.7. The van der Waals surface area contributed by atoms with Gasteiger partial charge in [-0.25, -0.2) is 4.39 Å². The molecule has 0 radical (unpaired) electrons. The number of amides is 1. The molecule has 0 spiro atoms. The Balaban J connectivity index is 2.14. The monoisotopic (exact) mass is 315 g/mol. The van der Waals surface area contributed by atoms with E-state index >= 15 is 0 Å². The number of likely N-dealkylation sites (tertiary alicyclic amines) is 1. The molecule has 1 amide bonds. The highest BCUT2D eigenvalue weighted by molar-refractivity contribution is 9.10. The highest BCUT2D eigenvalue weighted by Crippen LogP contribution is 2.21. The molecule has 0 aliphatic carbocycles. The average molecular weight is 316 g/mol. The van der Waals surface area contributed by atoms with E-state index in [9.17, 15) is 14.3 Å². The Labute approximate surface area is 114 Å². The van der Waals surface area contributed by atoms with Crippen molar-refractivity contribution < 1.29 is 14.3 Å². The number of hydrogen-bond donors (Lipinski definition) is 1. The molecule has 1 heterocycles. The Morgan fingerprint density at radius 3 is 2.89 bits per heavy atom. The first kappa shape index (κ1) is 13.5. The Bertz CT molecular complexity index is 466. The summed E-state index contributed by atoms with van der Waals surface area (Å²) in [6.07, 6.45) is 0.224. The van der Waals surface area contributed by atoms with Crippen LogP contribution in [0.3, 0.4) is 0 Å². The molecule has 2 atom stereocenters. The van der Waals surface area contributed by atoms with E-state index in [1.165, 1.54) is 12.1 Å². The third-order valence-corrected chi connectivity index (χ3v) is 3.96. The number of rotatable bonds is 1. The van der Waals surface area contributed by atoms with Gasteiger partial charge in [0.1, 0.15) is 5.82 Å². The van der Waals surface area contributed by atoms with Gasteiger partial charge >= 0.3 is 0 Å². The normalized spacial score (nSPS) is 24.1. The Hall–Kier alpha value is -0.940. The molecule has 2 unspecified atom stereocenters. The molecule has 0 saturated carbocycles. The van der Waals surface area contributed by atoms with E-state index in [-0.39, 0.29) is 17.9 Å². The quantitative estimate of drug-likeness (QED) is 0.864. The number of halogens is 2. The molecule has 1 aliphatic rings. The Morgan fingerprint density at radius 2 is 2.28 bits per heavy atom. The lowest BCUT2D eigenvalue weighted by atomic mass is 9.96. The Morgan fingerprint density at radius 1 is 1.56 bits per heavy atom. The molecule has 0 aromatic heterocycles. The van der Waals surface area contributed by atoms with Crippen molar-refractivity contribution in [3.8, 4) is 0 Å². The van der Waals surface area contributed by atoms with Crippen LogP contribution in [0.4, 0.5) is 4.39 Å². The molecule has 1 aromatic rings. The number of hydrogen-bond acceptors (Lipinski definition) is 2. The van der Waals surface area contributed by atoms with Gasteiger partial charge in [-0.2, -0.15) is 0 Å². The second-order valence-corrected chi connectivity index (χ2v) is 5.57. The molecule has 0 bridgehead atoms. The first-order chi connectivity index (χ1) is 8.49. The molecular formula is C13H15BrFNO2. The summed E-state index contributed by atoms with van der Waals surface area (Å²) in [5.41, 5.74) is 0.347. The molecule has 1 fully saturated rings. The number of carbonyl (C=O) groups excluding carboxylic acids is 1. The van der Waals surface area contributed by atoms with Crippen molar-refractivity contribution in [3.63, 3.8) is 0 Å². The maximum Gasteiger partial charge on any atom is 0.253 e. The van der Waals surface area contributed by atoms with Gasteiger partial charge < -0.3 is 10.0 Å². The highest BCUT2D eigenvalue weighted by Gasteiger charge is 2.27. The first-order valence-electron chi connectivity index (χ1n) is 5.91. The third-order valence-electron chi connectivity index (χ3n) is 3.31. The van der Waals surface area contributed by atoms with E-state index in [4.69, 9.17) is 0 Å². The fraction of sp³-hybridized carbons (Fsp3) is 0.462. The number of nitrogens with zero attached hydrogens (tertiary/aromatic N) is 1. The molecular weight excluding hydrogens is 301 g/mol. The van der Waals surface area contributed by atoms with Crippen molar-refractivity contribution in [2.75, 3.05) is 13.1 Å². The number of aliphatic hydroxyl groups is 1. The Kier molecular flexibility index (Phi) is 4.02. The maximum atomic E-state index is 13.4. The summed E-state index contributed by atoms with van der Waals surface area (Å²) in [5.74, 6) is -0.561. The third kappa shape index (κ3) is 2.72. The van der Waals surface area contributed by atoms with Gasteiger partial charge in [-0.1, -0.05) is 6.92 Å². The van der Waals surface area contributed by atoms with Crippen LogP contribution in [0.15, 0.2) is 22.7 Å². The van der Waals surface area contributed by atoms with E-state index < -0.39 is 5.82 Å². The van der Waals surface area contributed by atoms with Crippen molar-refractivity contribution in [3.05, 3.63) is 34.1 Å². The summed E-state index contributed by atoms with van der Waals surface area (Å²) in [6, 6.07) is 4.37. The molecule has 1 saturated heterocycles. The van der Waals surface area contributed by atoms with Crippen molar-refractivity contribution in [2.45, 2.75) is 19.4 Å². The number of piperidine rings is 1. The predicted molar refractivity (Wildman–Crippen MR) is 69.8 cm³/mol. The van der Waals surface area contributed by atoms with Gasteiger partial charge in [0.2, 0.25) is 0 Å². The van der Waals surface area contributed by atoms with Crippen LogP contribution < -0.4 is 0 Å². The van der Waals surface area contributed by atoms with Gasteiger partial charge in [-0.15, -0.1) is 0 Å². The number of aliphatic hydroxyl groups excluding tert-OH is 1. The minimum Gasteiger partial charge on any atom is -0.393 e. The van der Waals surface area contributed by atoms with Crippen LogP contribution >= 0.6 is 15.9 Å². The van der Waals surface area contributed by atoms with E-state index in [0.717, 1.165) is 0 Å². The molecule has 2 rings (SSSR count). The highest BCUT2D eigenvalue weighted by atomic mass is 79.9. The van der Waals surface area contributed by atoms with E-state index in [1.54, 1.807) is 11.0 Å². The summed E-state index contributed by atoms with van der Waals surface area (Å²) in [5, 5.41) is 9.62. The summed E-state index contributed by atoms with van der Waals surface area (Å²) >= 11 is 3.06. The van der Waals surface area contributed by atoms with Crippen LogP contribution in [0.2, 0.25) is 0 Å². The largest absolute Gasteiger partial charge is 0.393 e. The topological polar surface area (TPSA) is 40.5 Å². The molecule has 1 aromatic carbocycles. The van der Waals surface area contributed by atoms with Gasteiger partial charge in [0, 0.05) is 18.7 Å². The number of carbonyl (C=O) groups is 1. The average Bonchev–Trinajstić information content (AvgIpc) is 2.35. The maximum absolute atomic E-state index is 13.4. The van der Waals surface area contributed by atoms with Crippen LogP contribution in [0.5, 0.6) is 0 Å². The van der Waals surface area contributed by atoms with Crippen LogP contribution in [0, 0.1) is 11.7 Å². The van der Waals surface area contributed by atoms with Crippen LogP contribution in [0.25, 0.3) is 0 Å². The predicted octanol–water partition coefficient (Wildman–Crippen LogP) is 2.43.